The lowest BCUT2D eigenvalue weighted by Gasteiger charge is -2.19. The molecule has 0 aliphatic heterocycles. The summed E-state index contributed by atoms with van der Waals surface area (Å²) < 4.78 is 0. The summed E-state index contributed by atoms with van der Waals surface area (Å²) in [6.07, 6.45) is 1.12. The number of rotatable bonds is 8. The van der Waals surface area contributed by atoms with Crippen LogP contribution in [0.4, 0.5) is 0 Å². The molecule has 18 heavy (non-hydrogen) atoms. The summed E-state index contributed by atoms with van der Waals surface area (Å²) in [5.41, 5.74) is 2.94. The van der Waals surface area contributed by atoms with Crippen LogP contribution in [0.25, 0.3) is 0 Å². The number of benzene rings is 1. The van der Waals surface area contributed by atoms with Crippen molar-refractivity contribution >= 4 is 0 Å². The molecule has 0 atom stereocenters. The van der Waals surface area contributed by atoms with Gasteiger partial charge in [-0.15, -0.1) is 0 Å². The molecule has 0 bridgehead atoms. The fourth-order valence-electron chi connectivity index (χ4n) is 2.09. The largest absolute Gasteiger partial charge is 0.315 e. The second kappa shape index (κ2) is 8.28. The van der Waals surface area contributed by atoms with Crippen molar-refractivity contribution in [2.75, 3.05) is 26.7 Å². The average Bonchev–Trinajstić information content (AvgIpc) is 2.35. The van der Waals surface area contributed by atoms with E-state index in [0.717, 1.165) is 38.5 Å². The highest BCUT2D eigenvalue weighted by molar-refractivity contribution is 5.26. The predicted octanol–water partition coefficient (Wildman–Crippen LogP) is 2.93. The normalized spacial score (nSPS) is 11.4. The molecule has 2 heteroatoms. The Morgan fingerprint density at radius 3 is 2.44 bits per heavy atom. The Kier molecular flexibility index (Phi) is 6.99. The van der Waals surface area contributed by atoms with E-state index in [1.165, 1.54) is 11.1 Å². The first-order valence-corrected chi connectivity index (χ1v) is 7.09. The number of hydrogen-bond acceptors (Lipinski definition) is 2. The van der Waals surface area contributed by atoms with E-state index in [1.54, 1.807) is 0 Å². The highest BCUT2D eigenvalue weighted by Crippen LogP contribution is 2.11. The summed E-state index contributed by atoms with van der Waals surface area (Å²) in [4.78, 5) is 2.39. The third kappa shape index (κ3) is 5.65. The number of hydrogen-bond donors (Lipinski definition) is 1. The molecule has 0 saturated heterocycles. The van der Waals surface area contributed by atoms with Crippen molar-refractivity contribution < 1.29 is 0 Å². The van der Waals surface area contributed by atoms with E-state index in [1.807, 2.05) is 0 Å². The lowest BCUT2D eigenvalue weighted by Crippen LogP contribution is -2.31. The zero-order chi connectivity index (χ0) is 13.4. The zero-order valence-electron chi connectivity index (χ0n) is 12.4. The summed E-state index contributed by atoms with van der Waals surface area (Å²) >= 11 is 0. The van der Waals surface area contributed by atoms with Crippen LogP contribution in [-0.4, -0.2) is 31.6 Å². The molecule has 0 amide bonds. The molecule has 1 aromatic rings. The van der Waals surface area contributed by atoms with Crippen LogP contribution in [0.15, 0.2) is 24.3 Å². The lowest BCUT2D eigenvalue weighted by molar-refractivity contribution is 0.321. The van der Waals surface area contributed by atoms with E-state index in [4.69, 9.17) is 0 Å². The van der Waals surface area contributed by atoms with Crippen molar-refractivity contribution in [2.45, 2.75) is 33.7 Å². The summed E-state index contributed by atoms with van der Waals surface area (Å²) in [5, 5.41) is 3.49. The Balaban J connectivity index is 2.33. The summed E-state index contributed by atoms with van der Waals surface area (Å²) in [6, 6.07) is 8.75. The van der Waals surface area contributed by atoms with Gasteiger partial charge in [-0.1, -0.05) is 45.0 Å². The molecule has 0 fully saturated rings. The van der Waals surface area contributed by atoms with Gasteiger partial charge in [0.1, 0.15) is 0 Å². The van der Waals surface area contributed by atoms with Crippen molar-refractivity contribution in [1.29, 1.82) is 0 Å². The molecule has 2 nitrogen and oxygen atoms in total. The van der Waals surface area contributed by atoms with E-state index in [2.05, 4.69) is 62.3 Å². The number of likely N-dealkylation sites (N-methyl/N-ethyl adjacent to an activating group) is 1. The van der Waals surface area contributed by atoms with Crippen LogP contribution in [-0.2, 0) is 13.0 Å². The smallest absolute Gasteiger partial charge is 0.0233 e. The lowest BCUT2D eigenvalue weighted by atomic mass is 10.1. The van der Waals surface area contributed by atoms with Crippen LogP contribution in [0.1, 0.15) is 31.9 Å². The summed E-state index contributed by atoms with van der Waals surface area (Å²) in [6.45, 7) is 11.0. The molecular weight excluding hydrogens is 220 g/mol. The van der Waals surface area contributed by atoms with Crippen molar-refractivity contribution in [3.05, 3.63) is 35.4 Å². The van der Waals surface area contributed by atoms with Crippen molar-refractivity contribution in [2.24, 2.45) is 5.92 Å². The van der Waals surface area contributed by atoms with Crippen molar-refractivity contribution in [3.63, 3.8) is 0 Å². The molecule has 0 spiro atoms. The van der Waals surface area contributed by atoms with Crippen molar-refractivity contribution in [3.8, 4) is 0 Å². The van der Waals surface area contributed by atoms with E-state index in [-0.39, 0.29) is 0 Å². The Morgan fingerprint density at radius 1 is 1.17 bits per heavy atom. The van der Waals surface area contributed by atoms with Gasteiger partial charge in [0.2, 0.25) is 0 Å². The fraction of sp³-hybridized carbons (Fsp3) is 0.625. The molecule has 0 heterocycles. The standard InChI is InChI=1S/C16H28N2/c1-5-15-8-6-7-9-16(15)13-18(4)11-10-17-12-14(2)3/h6-9,14,17H,5,10-13H2,1-4H3. The van der Waals surface area contributed by atoms with Crippen LogP contribution in [0.5, 0.6) is 0 Å². The Bertz CT molecular complexity index is 334. The van der Waals surface area contributed by atoms with Gasteiger partial charge in [0.05, 0.1) is 0 Å². The second-order valence-electron chi connectivity index (χ2n) is 5.46. The topological polar surface area (TPSA) is 15.3 Å². The third-order valence-corrected chi connectivity index (χ3v) is 3.16. The van der Waals surface area contributed by atoms with Gasteiger partial charge in [-0.2, -0.15) is 0 Å². The first-order chi connectivity index (χ1) is 8.63. The van der Waals surface area contributed by atoms with Crippen LogP contribution in [0.2, 0.25) is 0 Å². The molecule has 0 aliphatic rings. The Morgan fingerprint density at radius 2 is 1.83 bits per heavy atom. The minimum atomic E-state index is 0.733. The molecule has 0 aromatic heterocycles. The molecule has 0 radical (unpaired) electrons. The average molecular weight is 248 g/mol. The number of aryl methyl sites for hydroxylation is 1. The van der Waals surface area contributed by atoms with Gasteiger partial charge in [-0.05, 0) is 37.1 Å². The van der Waals surface area contributed by atoms with Gasteiger partial charge in [0, 0.05) is 19.6 Å². The number of nitrogens with one attached hydrogen (secondary N) is 1. The van der Waals surface area contributed by atoms with Gasteiger partial charge < -0.3 is 10.2 Å². The monoisotopic (exact) mass is 248 g/mol. The minimum absolute atomic E-state index is 0.733. The van der Waals surface area contributed by atoms with Gasteiger partial charge in [-0.3, -0.25) is 0 Å². The van der Waals surface area contributed by atoms with Gasteiger partial charge in [-0.25, -0.2) is 0 Å². The molecule has 102 valence electrons. The first-order valence-electron chi connectivity index (χ1n) is 7.09. The quantitative estimate of drug-likeness (QED) is 0.712. The van der Waals surface area contributed by atoms with Gasteiger partial charge in [0.15, 0.2) is 0 Å². The number of nitrogens with zero attached hydrogens (tertiary/aromatic N) is 1. The molecule has 0 unspecified atom stereocenters. The third-order valence-electron chi connectivity index (χ3n) is 3.16. The van der Waals surface area contributed by atoms with E-state index < -0.39 is 0 Å². The maximum absolute atomic E-state index is 3.49. The predicted molar refractivity (Wildman–Crippen MR) is 79.9 cm³/mol. The zero-order valence-corrected chi connectivity index (χ0v) is 12.4. The van der Waals surface area contributed by atoms with Gasteiger partial charge >= 0.3 is 0 Å². The van der Waals surface area contributed by atoms with Crippen LogP contribution in [0.3, 0.4) is 0 Å². The minimum Gasteiger partial charge on any atom is -0.315 e. The Labute approximate surface area is 112 Å². The fourth-order valence-corrected chi connectivity index (χ4v) is 2.09. The van der Waals surface area contributed by atoms with E-state index in [9.17, 15) is 0 Å². The van der Waals surface area contributed by atoms with Gasteiger partial charge in [0.25, 0.3) is 0 Å². The summed E-state index contributed by atoms with van der Waals surface area (Å²) in [7, 11) is 2.20. The molecule has 1 rings (SSSR count). The molecular formula is C16H28N2. The van der Waals surface area contributed by atoms with Crippen LogP contribution in [0, 0.1) is 5.92 Å². The highest BCUT2D eigenvalue weighted by Gasteiger charge is 2.03. The Hall–Kier alpha value is -0.860. The molecule has 0 saturated carbocycles. The van der Waals surface area contributed by atoms with Crippen LogP contribution >= 0.6 is 0 Å². The second-order valence-corrected chi connectivity index (χ2v) is 5.46. The SMILES string of the molecule is CCc1ccccc1CN(C)CCNCC(C)C. The first kappa shape index (κ1) is 15.2. The summed E-state index contributed by atoms with van der Waals surface area (Å²) in [5.74, 6) is 0.733. The molecule has 0 aliphatic carbocycles. The molecule has 1 N–H and O–H groups in total. The van der Waals surface area contributed by atoms with E-state index in [0.29, 0.717) is 0 Å². The molecule has 1 aromatic carbocycles. The van der Waals surface area contributed by atoms with E-state index >= 15 is 0 Å². The highest BCUT2D eigenvalue weighted by atomic mass is 15.1. The maximum Gasteiger partial charge on any atom is 0.0233 e. The van der Waals surface area contributed by atoms with Crippen molar-refractivity contribution in [1.82, 2.24) is 10.2 Å². The van der Waals surface area contributed by atoms with Crippen LogP contribution < -0.4 is 5.32 Å². The maximum atomic E-state index is 3.49.